The van der Waals surface area contributed by atoms with E-state index in [-0.39, 0.29) is 10.6 Å². The minimum absolute atomic E-state index is 0.178. The molecule has 0 radical (unpaired) electrons. The van der Waals surface area contributed by atoms with Crippen molar-refractivity contribution in [1.82, 2.24) is 0 Å². The average Bonchev–Trinajstić information content (AvgIpc) is 2.56. The Hall–Kier alpha value is -2.57. The summed E-state index contributed by atoms with van der Waals surface area (Å²) in [7, 11) is -3.97. The van der Waals surface area contributed by atoms with Crippen LogP contribution in [-0.4, -0.2) is 13.3 Å². The number of nitriles is 1. The summed E-state index contributed by atoms with van der Waals surface area (Å²) in [6.07, 6.45) is 0.561. The number of thiocyanates is 1. The van der Waals surface area contributed by atoms with Crippen LogP contribution in [0.25, 0.3) is 0 Å². The lowest BCUT2D eigenvalue weighted by Gasteiger charge is -2.13. The van der Waals surface area contributed by atoms with Gasteiger partial charge in [-0.05, 0) is 54.9 Å². The van der Waals surface area contributed by atoms with Crippen LogP contribution in [0.3, 0.4) is 0 Å². The van der Waals surface area contributed by atoms with Gasteiger partial charge in [-0.3, -0.25) is 14.8 Å². The van der Waals surface area contributed by atoms with Gasteiger partial charge < -0.3 is 0 Å². The number of benzene rings is 2. The third-order valence-electron chi connectivity index (χ3n) is 3.55. The number of rotatable bonds is 6. The van der Waals surface area contributed by atoms with Gasteiger partial charge in [0.25, 0.3) is 15.7 Å². The first-order valence-electron chi connectivity index (χ1n) is 7.25. The molecule has 0 atom stereocenters. The maximum absolute atomic E-state index is 12.6. The van der Waals surface area contributed by atoms with Crippen LogP contribution < -0.4 is 4.72 Å². The van der Waals surface area contributed by atoms with Gasteiger partial charge in [-0.1, -0.05) is 13.0 Å². The van der Waals surface area contributed by atoms with Gasteiger partial charge in [0.15, 0.2) is 0 Å². The van der Waals surface area contributed by atoms with E-state index >= 15 is 0 Å². The molecular weight excluding hydrogens is 362 g/mol. The fourth-order valence-corrected chi connectivity index (χ4v) is 3.80. The molecule has 0 aromatic heterocycles. The molecule has 0 aliphatic rings. The molecule has 0 bridgehead atoms. The molecule has 130 valence electrons. The van der Waals surface area contributed by atoms with Crippen molar-refractivity contribution in [2.75, 3.05) is 4.72 Å². The summed E-state index contributed by atoms with van der Waals surface area (Å²) in [4.78, 5) is 10.9. The van der Waals surface area contributed by atoms with Gasteiger partial charge >= 0.3 is 0 Å². The smallest absolute Gasteiger partial charge is 0.273 e. The van der Waals surface area contributed by atoms with Gasteiger partial charge in [0.05, 0.1) is 15.5 Å². The Kier molecular flexibility index (Phi) is 5.66. The number of nitrogens with one attached hydrogen (secondary N) is 1. The molecule has 0 fully saturated rings. The van der Waals surface area contributed by atoms with Crippen LogP contribution >= 0.6 is 11.8 Å². The van der Waals surface area contributed by atoms with Crippen molar-refractivity contribution in [3.05, 3.63) is 57.6 Å². The molecule has 9 heteroatoms. The maximum Gasteiger partial charge on any atom is 0.273 e. The number of nitro groups is 1. The second-order valence-corrected chi connectivity index (χ2v) is 7.72. The SMILES string of the molecule is CCc1cc(SC#N)ccc1NS(=O)(=O)c1ccc(C)c([N+](=O)[O-])c1. The van der Waals surface area contributed by atoms with Crippen LogP contribution in [-0.2, 0) is 16.4 Å². The molecule has 1 N–H and O–H groups in total. The lowest BCUT2D eigenvalue weighted by atomic mass is 10.1. The predicted octanol–water partition coefficient (Wildman–Crippen LogP) is 3.84. The highest BCUT2D eigenvalue weighted by molar-refractivity contribution is 8.03. The molecule has 0 saturated carbocycles. The Labute approximate surface area is 149 Å². The van der Waals surface area contributed by atoms with E-state index in [1.807, 2.05) is 12.3 Å². The monoisotopic (exact) mass is 377 g/mol. The lowest BCUT2D eigenvalue weighted by molar-refractivity contribution is -0.385. The van der Waals surface area contributed by atoms with E-state index in [1.165, 1.54) is 12.1 Å². The number of sulfonamides is 1. The number of aryl methyl sites for hydroxylation is 2. The summed E-state index contributed by atoms with van der Waals surface area (Å²) in [6, 6.07) is 8.74. The molecule has 0 amide bonds. The zero-order valence-electron chi connectivity index (χ0n) is 13.5. The fraction of sp³-hybridized carbons (Fsp3) is 0.188. The Balaban J connectivity index is 2.41. The Morgan fingerprint density at radius 2 is 2.00 bits per heavy atom. The van der Waals surface area contributed by atoms with Crippen molar-refractivity contribution in [3.8, 4) is 5.40 Å². The number of anilines is 1. The van der Waals surface area contributed by atoms with Crippen LogP contribution in [0.15, 0.2) is 46.2 Å². The number of nitro benzene ring substituents is 1. The molecule has 0 saturated heterocycles. The molecule has 0 unspecified atom stereocenters. The third-order valence-corrected chi connectivity index (χ3v) is 5.50. The summed E-state index contributed by atoms with van der Waals surface area (Å²) in [5.74, 6) is 0. The van der Waals surface area contributed by atoms with E-state index in [9.17, 15) is 18.5 Å². The van der Waals surface area contributed by atoms with Crippen molar-refractivity contribution >= 4 is 33.2 Å². The quantitative estimate of drug-likeness (QED) is 0.354. The highest BCUT2D eigenvalue weighted by atomic mass is 32.2. The second kappa shape index (κ2) is 7.55. The molecule has 7 nitrogen and oxygen atoms in total. The topological polar surface area (TPSA) is 113 Å². The predicted molar refractivity (Wildman–Crippen MR) is 95.9 cm³/mol. The molecule has 0 aliphatic heterocycles. The first kappa shape index (κ1) is 18.8. The van der Waals surface area contributed by atoms with Gasteiger partial charge in [-0.15, -0.1) is 0 Å². The minimum Gasteiger partial charge on any atom is -0.279 e. The van der Waals surface area contributed by atoms with Gasteiger partial charge in [-0.25, -0.2) is 8.42 Å². The number of hydrogen-bond donors (Lipinski definition) is 1. The average molecular weight is 377 g/mol. The van der Waals surface area contributed by atoms with E-state index in [2.05, 4.69) is 4.72 Å². The summed E-state index contributed by atoms with van der Waals surface area (Å²) in [5, 5.41) is 21.7. The number of nitrogens with zero attached hydrogens (tertiary/aromatic N) is 2. The summed E-state index contributed by atoms with van der Waals surface area (Å²) in [6.45, 7) is 3.41. The number of hydrogen-bond acceptors (Lipinski definition) is 6. The molecule has 0 spiro atoms. The zero-order chi connectivity index (χ0) is 18.6. The Bertz CT molecular complexity index is 966. The highest BCUT2D eigenvalue weighted by Crippen LogP contribution is 2.28. The zero-order valence-corrected chi connectivity index (χ0v) is 15.1. The summed E-state index contributed by atoms with van der Waals surface area (Å²) in [5.41, 5.74) is 1.24. The molecule has 25 heavy (non-hydrogen) atoms. The molecule has 0 heterocycles. The van der Waals surface area contributed by atoms with E-state index in [4.69, 9.17) is 5.26 Å². The summed E-state index contributed by atoms with van der Waals surface area (Å²) < 4.78 is 27.6. The van der Waals surface area contributed by atoms with Gasteiger partial charge in [-0.2, -0.15) is 5.26 Å². The van der Waals surface area contributed by atoms with Crippen molar-refractivity contribution in [2.24, 2.45) is 0 Å². The van der Waals surface area contributed by atoms with Crippen molar-refractivity contribution in [1.29, 1.82) is 5.26 Å². The summed E-state index contributed by atoms with van der Waals surface area (Å²) >= 11 is 0.988. The van der Waals surface area contributed by atoms with Crippen LogP contribution in [0.5, 0.6) is 0 Å². The highest BCUT2D eigenvalue weighted by Gasteiger charge is 2.20. The van der Waals surface area contributed by atoms with Gasteiger partial charge in [0, 0.05) is 16.5 Å². The Morgan fingerprint density at radius 1 is 1.28 bits per heavy atom. The van der Waals surface area contributed by atoms with Gasteiger partial charge in [0.1, 0.15) is 5.40 Å². The largest absolute Gasteiger partial charge is 0.279 e. The first-order valence-corrected chi connectivity index (χ1v) is 9.55. The maximum atomic E-state index is 12.6. The second-order valence-electron chi connectivity index (χ2n) is 5.18. The van der Waals surface area contributed by atoms with Crippen molar-refractivity contribution in [2.45, 2.75) is 30.1 Å². The first-order chi connectivity index (χ1) is 11.8. The standard InChI is InChI=1S/C16H15N3O4S2/c1-3-12-8-13(24-10-17)5-7-15(12)18-25(22,23)14-6-4-11(2)16(9-14)19(20)21/h4-9,18H,3H2,1-2H3. The van der Waals surface area contributed by atoms with E-state index in [0.29, 0.717) is 22.6 Å². The molecule has 2 aromatic rings. The van der Waals surface area contributed by atoms with Crippen LogP contribution in [0.4, 0.5) is 11.4 Å². The van der Waals surface area contributed by atoms with E-state index in [0.717, 1.165) is 23.4 Å². The van der Waals surface area contributed by atoms with Crippen molar-refractivity contribution < 1.29 is 13.3 Å². The van der Waals surface area contributed by atoms with Crippen LogP contribution in [0, 0.1) is 27.7 Å². The molecule has 2 rings (SSSR count). The van der Waals surface area contributed by atoms with E-state index < -0.39 is 14.9 Å². The van der Waals surface area contributed by atoms with Gasteiger partial charge in [0.2, 0.25) is 0 Å². The minimum atomic E-state index is -3.97. The molecule has 0 aliphatic carbocycles. The van der Waals surface area contributed by atoms with Crippen LogP contribution in [0.1, 0.15) is 18.1 Å². The fourth-order valence-electron chi connectivity index (χ4n) is 2.24. The van der Waals surface area contributed by atoms with E-state index in [1.54, 1.807) is 25.1 Å². The molecule has 2 aromatic carbocycles. The number of thioether (sulfide) groups is 1. The van der Waals surface area contributed by atoms with Crippen LogP contribution in [0.2, 0.25) is 0 Å². The van der Waals surface area contributed by atoms with Crippen molar-refractivity contribution in [3.63, 3.8) is 0 Å². The molecular formula is C16H15N3O4S2. The lowest BCUT2D eigenvalue weighted by Crippen LogP contribution is -2.14. The normalized spacial score (nSPS) is 10.9. The third kappa shape index (κ3) is 4.29. The Morgan fingerprint density at radius 3 is 2.60 bits per heavy atom.